The Morgan fingerprint density at radius 3 is 2.70 bits per heavy atom. The Bertz CT molecular complexity index is 1360. The molecule has 3 aromatic heterocycles. The van der Waals surface area contributed by atoms with E-state index in [1.54, 1.807) is 12.3 Å². The topological polar surface area (TPSA) is 131 Å². The van der Waals surface area contributed by atoms with E-state index < -0.39 is 29.7 Å². The van der Waals surface area contributed by atoms with Gasteiger partial charge in [-0.2, -0.15) is 10.2 Å². The maximum Gasteiger partial charge on any atom is 0.407 e. The second-order valence-electron chi connectivity index (χ2n) is 11.2. The standard InChI is InChI=1S/C26H35F2N9O3/c1-26(2,3)40-25(39)31-16-5-4-11-35(14-16)20-8-12-36-23(33-20)18(13-30-36)24(38)32-19-15-37(34-21(19)22(27)28)17-6-9-29-10-7-17/h8,12-13,15-17,22,29H,4-7,9-11,14H2,1-3H3,(H,31,39)(H,32,38)/t16-/m0/s1. The molecule has 0 unspecified atom stereocenters. The van der Waals surface area contributed by atoms with Crippen molar-refractivity contribution in [1.82, 2.24) is 35.0 Å². The lowest BCUT2D eigenvalue weighted by Crippen LogP contribution is -2.49. The number of anilines is 2. The second kappa shape index (κ2) is 11.4. The number of ether oxygens (including phenoxy) is 1. The second-order valence-corrected chi connectivity index (χ2v) is 11.2. The molecule has 0 spiro atoms. The van der Waals surface area contributed by atoms with E-state index in [1.165, 1.54) is 21.6 Å². The largest absolute Gasteiger partial charge is 0.444 e. The van der Waals surface area contributed by atoms with Gasteiger partial charge in [0.1, 0.15) is 17.0 Å². The number of hydrogen-bond donors (Lipinski definition) is 3. The molecule has 2 aliphatic rings. The average Bonchev–Trinajstić information content (AvgIpc) is 3.52. The molecule has 1 atom stereocenters. The number of nitrogens with one attached hydrogen (secondary N) is 3. The SMILES string of the molecule is CC(C)(C)OC(=O)N[C@H]1CCCN(c2ccn3ncc(C(=O)Nc4cn(C5CCNCC5)nc4C(F)F)c3n2)C1. The van der Waals surface area contributed by atoms with Crippen LogP contribution >= 0.6 is 0 Å². The highest BCUT2D eigenvalue weighted by Gasteiger charge is 2.27. The number of piperidine rings is 2. The fourth-order valence-electron chi connectivity index (χ4n) is 5.08. The van der Waals surface area contributed by atoms with Crippen LogP contribution in [0.2, 0.25) is 0 Å². The number of alkyl halides is 2. The number of rotatable bonds is 6. The Morgan fingerprint density at radius 1 is 1.20 bits per heavy atom. The average molecular weight is 560 g/mol. The van der Waals surface area contributed by atoms with Crippen molar-refractivity contribution in [3.63, 3.8) is 0 Å². The van der Waals surface area contributed by atoms with Gasteiger partial charge in [-0.25, -0.2) is 23.1 Å². The van der Waals surface area contributed by atoms with Crippen LogP contribution in [-0.4, -0.2) is 74.2 Å². The van der Waals surface area contributed by atoms with Crippen LogP contribution in [0.1, 0.15) is 75.0 Å². The zero-order valence-corrected chi connectivity index (χ0v) is 22.9. The molecular formula is C26H35F2N9O3. The number of aromatic nitrogens is 5. The Balaban J connectivity index is 1.32. The number of halogens is 2. The zero-order chi connectivity index (χ0) is 28.4. The molecule has 2 amide bonds. The van der Waals surface area contributed by atoms with Gasteiger partial charge < -0.3 is 25.6 Å². The highest BCUT2D eigenvalue weighted by Crippen LogP contribution is 2.30. The summed E-state index contributed by atoms with van der Waals surface area (Å²) in [5.74, 6) is 0.0132. The first-order chi connectivity index (χ1) is 19.1. The Labute approximate surface area is 230 Å². The zero-order valence-electron chi connectivity index (χ0n) is 22.9. The molecule has 2 fully saturated rings. The molecule has 40 heavy (non-hydrogen) atoms. The van der Waals surface area contributed by atoms with E-state index in [0.29, 0.717) is 18.0 Å². The molecule has 0 radical (unpaired) electrons. The summed E-state index contributed by atoms with van der Waals surface area (Å²) in [5, 5.41) is 17.1. The minimum atomic E-state index is -2.84. The number of fused-ring (bicyclic) bond motifs is 1. The number of carbonyl (C=O) groups excluding carboxylic acids is 2. The molecule has 0 aliphatic carbocycles. The predicted octanol–water partition coefficient (Wildman–Crippen LogP) is 3.53. The number of alkyl carbamates (subject to hydrolysis) is 1. The third-order valence-corrected chi connectivity index (χ3v) is 6.96. The van der Waals surface area contributed by atoms with Crippen molar-refractivity contribution in [2.24, 2.45) is 0 Å². The third kappa shape index (κ3) is 6.32. The van der Waals surface area contributed by atoms with Gasteiger partial charge in [0.25, 0.3) is 12.3 Å². The van der Waals surface area contributed by atoms with E-state index in [1.807, 2.05) is 25.7 Å². The molecule has 12 nitrogen and oxygen atoms in total. The van der Waals surface area contributed by atoms with Crippen LogP contribution in [0.4, 0.5) is 25.1 Å². The van der Waals surface area contributed by atoms with Crippen LogP contribution in [0.5, 0.6) is 0 Å². The van der Waals surface area contributed by atoms with Crippen LogP contribution < -0.4 is 20.9 Å². The fraction of sp³-hybridized carbons (Fsp3) is 0.577. The van der Waals surface area contributed by atoms with E-state index >= 15 is 0 Å². The smallest absolute Gasteiger partial charge is 0.407 e. The van der Waals surface area contributed by atoms with Gasteiger partial charge in [-0.15, -0.1) is 0 Å². The molecule has 0 bridgehead atoms. The van der Waals surface area contributed by atoms with Crippen molar-refractivity contribution in [2.45, 2.75) is 70.6 Å². The van der Waals surface area contributed by atoms with Gasteiger partial charge in [-0.3, -0.25) is 9.48 Å². The summed E-state index contributed by atoms with van der Waals surface area (Å²) < 4.78 is 36.0. The molecule has 2 saturated heterocycles. The van der Waals surface area contributed by atoms with E-state index in [4.69, 9.17) is 4.74 Å². The van der Waals surface area contributed by atoms with Crippen LogP contribution in [-0.2, 0) is 4.74 Å². The summed E-state index contributed by atoms with van der Waals surface area (Å²) in [6, 6.07) is 1.65. The fourth-order valence-corrected chi connectivity index (χ4v) is 5.08. The maximum absolute atomic E-state index is 13.8. The lowest BCUT2D eigenvalue weighted by molar-refractivity contribution is 0.0499. The van der Waals surface area contributed by atoms with E-state index in [0.717, 1.165) is 45.3 Å². The monoisotopic (exact) mass is 559 g/mol. The molecule has 5 rings (SSSR count). The number of carbonyl (C=O) groups is 2. The van der Waals surface area contributed by atoms with Gasteiger partial charge in [-0.05, 0) is 65.6 Å². The van der Waals surface area contributed by atoms with Crippen LogP contribution in [0, 0.1) is 0 Å². The first-order valence-corrected chi connectivity index (χ1v) is 13.6. The van der Waals surface area contributed by atoms with Crippen molar-refractivity contribution in [2.75, 3.05) is 36.4 Å². The van der Waals surface area contributed by atoms with E-state index in [9.17, 15) is 18.4 Å². The van der Waals surface area contributed by atoms with Crippen molar-refractivity contribution in [3.8, 4) is 0 Å². The Kier molecular flexibility index (Phi) is 7.88. The summed E-state index contributed by atoms with van der Waals surface area (Å²) in [6.07, 6.45) is 4.39. The predicted molar refractivity (Wildman–Crippen MR) is 144 cm³/mol. The van der Waals surface area contributed by atoms with E-state index in [2.05, 4.69) is 31.1 Å². The molecule has 3 N–H and O–H groups in total. The highest BCUT2D eigenvalue weighted by atomic mass is 19.3. The molecule has 5 heterocycles. The molecule has 216 valence electrons. The number of amides is 2. The first kappa shape index (κ1) is 27.7. The molecular weight excluding hydrogens is 524 g/mol. The quantitative estimate of drug-likeness (QED) is 0.418. The maximum atomic E-state index is 13.8. The normalized spacial score (nSPS) is 18.8. The summed E-state index contributed by atoms with van der Waals surface area (Å²) in [6.45, 7) is 8.24. The van der Waals surface area contributed by atoms with Crippen LogP contribution in [0.15, 0.2) is 24.7 Å². The Morgan fingerprint density at radius 2 is 1.98 bits per heavy atom. The van der Waals surface area contributed by atoms with Crippen molar-refractivity contribution < 1.29 is 23.1 Å². The van der Waals surface area contributed by atoms with Crippen molar-refractivity contribution in [3.05, 3.63) is 35.9 Å². The summed E-state index contributed by atoms with van der Waals surface area (Å²) in [5.41, 5.74) is -0.639. The van der Waals surface area contributed by atoms with Gasteiger partial charge in [0.15, 0.2) is 11.3 Å². The van der Waals surface area contributed by atoms with E-state index in [-0.39, 0.29) is 23.3 Å². The van der Waals surface area contributed by atoms with Crippen LogP contribution in [0.25, 0.3) is 5.65 Å². The summed E-state index contributed by atoms with van der Waals surface area (Å²) >= 11 is 0. The van der Waals surface area contributed by atoms with Gasteiger partial charge in [0.2, 0.25) is 0 Å². The van der Waals surface area contributed by atoms with Crippen molar-refractivity contribution in [1.29, 1.82) is 0 Å². The molecule has 14 heteroatoms. The lowest BCUT2D eigenvalue weighted by atomic mass is 10.1. The van der Waals surface area contributed by atoms with Gasteiger partial charge in [0.05, 0.1) is 17.9 Å². The Hall–Kier alpha value is -3.81. The highest BCUT2D eigenvalue weighted by molar-refractivity contribution is 6.08. The number of nitrogens with zero attached hydrogens (tertiary/aromatic N) is 6. The molecule has 2 aliphatic heterocycles. The van der Waals surface area contributed by atoms with Crippen LogP contribution in [0.3, 0.4) is 0 Å². The van der Waals surface area contributed by atoms with Gasteiger partial charge in [0, 0.05) is 31.5 Å². The minimum Gasteiger partial charge on any atom is -0.444 e. The van der Waals surface area contributed by atoms with Gasteiger partial charge >= 0.3 is 6.09 Å². The summed E-state index contributed by atoms with van der Waals surface area (Å²) in [7, 11) is 0. The van der Waals surface area contributed by atoms with Crippen molar-refractivity contribution >= 4 is 29.2 Å². The number of hydrogen-bond acceptors (Lipinski definition) is 8. The molecule has 0 saturated carbocycles. The lowest BCUT2D eigenvalue weighted by Gasteiger charge is -2.34. The third-order valence-electron chi connectivity index (χ3n) is 6.96. The molecule has 3 aromatic rings. The molecule has 0 aromatic carbocycles. The summed E-state index contributed by atoms with van der Waals surface area (Å²) in [4.78, 5) is 32.2. The van der Waals surface area contributed by atoms with Gasteiger partial charge in [-0.1, -0.05) is 0 Å². The first-order valence-electron chi connectivity index (χ1n) is 13.6. The minimum absolute atomic E-state index is 0.0104.